The third kappa shape index (κ3) is 3.89. The normalized spacial score (nSPS) is 19.2. The van der Waals surface area contributed by atoms with Gasteiger partial charge < -0.3 is 13.6 Å². The number of anilines is 1. The lowest BCUT2D eigenvalue weighted by atomic mass is 9.94. The van der Waals surface area contributed by atoms with Crippen LogP contribution in [0.3, 0.4) is 0 Å². The largest absolute Gasteiger partial charge is 0.381 e. The maximum Gasteiger partial charge on any atom is 0.115 e. The summed E-state index contributed by atoms with van der Waals surface area (Å²) in [6.45, 7) is 9.66. The Morgan fingerprint density at radius 1 is 1.19 bits per heavy atom. The van der Waals surface area contributed by atoms with Crippen LogP contribution in [-0.4, -0.2) is 35.1 Å². The summed E-state index contributed by atoms with van der Waals surface area (Å²) >= 11 is 1.96. The average molecular weight is 374 g/mol. The molecule has 0 amide bonds. The van der Waals surface area contributed by atoms with Crippen LogP contribution in [0.2, 0.25) is 0 Å². The number of aromatic nitrogens is 2. The highest BCUT2D eigenvalue weighted by molar-refractivity contribution is 8.01. The molecular weight excluding hydrogens is 342 g/mol. The minimum atomic E-state index is 0.0407. The van der Waals surface area contributed by atoms with Gasteiger partial charge in [-0.2, -0.15) is 0 Å². The minimum absolute atomic E-state index is 0.0407. The van der Waals surface area contributed by atoms with E-state index in [4.69, 9.17) is 9.72 Å². The van der Waals surface area contributed by atoms with Crippen molar-refractivity contribution in [3.63, 3.8) is 0 Å². The maximum atomic E-state index is 5.55. The Morgan fingerprint density at radius 3 is 2.58 bits per heavy atom. The second-order valence-electron chi connectivity index (χ2n) is 8.83. The number of fused-ring (bicyclic) bond motifs is 1. The van der Waals surface area contributed by atoms with Gasteiger partial charge in [-0.3, -0.25) is 0 Å². The Labute approximate surface area is 161 Å². The van der Waals surface area contributed by atoms with Gasteiger partial charge in [0, 0.05) is 43.2 Å². The fraction of sp³-hybridized carbons (Fsp3) is 0.667. The number of imidazole rings is 1. The molecule has 1 aliphatic heterocycles. The van der Waals surface area contributed by atoms with Gasteiger partial charge >= 0.3 is 0 Å². The summed E-state index contributed by atoms with van der Waals surface area (Å²) in [5.41, 5.74) is 3.70. The van der Waals surface area contributed by atoms with E-state index in [-0.39, 0.29) is 5.41 Å². The first-order chi connectivity index (χ1) is 12.4. The lowest BCUT2D eigenvalue weighted by molar-refractivity contribution is 0.0611. The van der Waals surface area contributed by atoms with E-state index in [1.54, 1.807) is 0 Å². The number of rotatable bonds is 5. The van der Waals surface area contributed by atoms with E-state index in [2.05, 4.69) is 54.9 Å². The van der Waals surface area contributed by atoms with Gasteiger partial charge in [0.1, 0.15) is 5.82 Å². The number of benzene rings is 1. The van der Waals surface area contributed by atoms with Crippen molar-refractivity contribution in [2.45, 2.75) is 63.7 Å². The molecule has 0 unspecified atom stereocenters. The first-order valence-electron chi connectivity index (χ1n) is 9.91. The standard InChI is InChI=1S/C21H31N3OS/c1-21(2,3)20-22-18-13-16(23(4)26-17-6-7-17)5-8-19(18)24(20)14-15-9-11-25-12-10-15/h5,8,13,15,17H,6-7,9-12,14H2,1-4H3. The topological polar surface area (TPSA) is 30.3 Å². The molecule has 142 valence electrons. The molecule has 5 heteroatoms. The van der Waals surface area contributed by atoms with Crippen molar-refractivity contribution in [1.29, 1.82) is 0 Å². The summed E-state index contributed by atoms with van der Waals surface area (Å²) in [6.07, 6.45) is 5.01. The molecule has 4 nitrogen and oxygen atoms in total. The van der Waals surface area contributed by atoms with E-state index >= 15 is 0 Å². The van der Waals surface area contributed by atoms with Gasteiger partial charge in [-0.15, -0.1) is 0 Å². The molecule has 0 radical (unpaired) electrons. The van der Waals surface area contributed by atoms with Crippen LogP contribution < -0.4 is 4.31 Å². The predicted octanol–water partition coefficient (Wildman–Crippen LogP) is 5.01. The van der Waals surface area contributed by atoms with Crippen molar-refractivity contribution >= 4 is 28.7 Å². The number of hydrogen-bond acceptors (Lipinski definition) is 4. The zero-order valence-corrected chi connectivity index (χ0v) is 17.3. The van der Waals surface area contributed by atoms with Gasteiger partial charge in [-0.1, -0.05) is 20.8 Å². The highest BCUT2D eigenvalue weighted by Crippen LogP contribution is 2.39. The second kappa shape index (κ2) is 7.08. The molecule has 4 rings (SSSR count). The second-order valence-corrected chi connectivity index (χ2v) is 10.3. The van der Waals surface area contributed by atoms with E-state index < -0.39 is 0 Å². The summed E-state index contributed by atoms with van der Waals surface area (Å²) in [7, 11) is 2.17. The zero-order valence-electron chi connectivity index (χ0n) is 16.5. The molecule has 1 aromatic heterocycles. The van der Waals surface area contributed by atoms with Crippen LogP contribution in [0.15, 0.2) is 18.2 Å². The summed E-state index contributed by atoms with van der Waals surface area (Å²) in [5, 5.41) is 0.812. The Kier molecular flexibility index (Phi) is 4.95. The van der Waals surface area contributed by atoms with Crippen LogP contribution in [-0.2, 0) is 16.7 Å². The molecule has 0 spiro atoms. The third-order valence-electron chi connectivity index (χ3n) is 5.38. The molecule has 0 bridgehead atoms. The lowest BCUT2D eigenvalue weighted by Gasteiger charge is -2.26. The Morgan fingerprint density at radius 2 is 1.92 bits per heavy atom. The van der Waals surface area contributed by atoms with E-state index in [0.29, 0.717) is 5.92 Å². The van der Waals surface area contributed by atoms with Crippen molar-refractivity contribution in [1.82, 2.24) is 9.55 Å². The molecule has 1 saturated carbocycles. The highest BCUT2D eigenvalue weighted by atomic mass is 32.2. The monoisotopic (exact) mass is 373 g/mol. The van der Waals surface area contributed by atoms with Crippen LogP contribution in [0.4, 0.5) is 5.69 Å². The summed E-state index contributed by atoms with van der Waals surface area (Å²) in [6, 6.07) is 6.79. The van der Waals surface area contributed by atoms with E-state index in [1.165, 1.54) is 29.9 Å². The van der Waals surface area contributed by atoms with Crippen LogP contribution in [0.1, 0.15) is 52.3 Å². The van der Waals surface area contributed by atoms with E-state index in [1.807, 2.05) is 11.9 Å². The molecular formula is C21H31N3OS. The number of nitrogens with zero attached hydrogens (tertiary/aromatic N) is 3. The summed E-state index contributed by atoms with van der Waals surface area (Å²) in [4.78, 5) is 5.08. The smallest absolute Gasteiger partial charge is 0.115 e. The fourth-order valence-corrected chi connectivity index (χ4v) is 4.75. The SMILES string of the molecule is CN(SC1CC1)c1ccc2c(c1)nc(C(C)(C)C)n2CC1CCOCC1. The van der Waals surface area contributed by atoms with Crippen molar-refractivity contribution in [2.75, 3.05) is 24.6 Å². The highest BCUT2D eigenvalue weighted by Gasteiger charge is 2.27. The summed E-state index contributed by atoms with van der Waals surface area (Å²) < 4.78 is 10.3. The maximum absolute atomic E-state index is 5.55. The fourth-order valence-electron chi connectivity index (χ4n) is 3.72. The van der Waals surface area contributed by atoms with Crippen LogP contribution in [0.25, 0.3) is 11.0 Å². The van der Waals surface area contributed by atoms with Gasteiger partial charge in [-0.25, -0.2) is 4.98 Å². The molecule has 26 heavy (non-hydrogen) atoms. The van der Waals surface area contributed by atoms with Crippen LogP contribution >= 0.6 is 11.9 Å². The molecule has 0 atom stereocenters. The molecule has 2 aliphatic rings. The van der Waals surface area contributed by atoms with E-state index in [0.717, 1.165) is 43.4 Å². The Hall–Kier alpha value is -1.20. The third-order valence-corrected chi connectivity index (χ3v) is 6.68. The van der Waals surface area contributed by atoms with Crippen molar-refractivity contribution in [2.24, 2.45) is 5.92 Å². The van der Waals surface area contributed by atoms with Gasteiger partial charge in [0.05, 0.1) is 11.0 Å². The van der Waals surface area contributed by atoms with Gasteiger partial charge in [-0.05, 0) is 61.7 Å². The van der Waals surface area contributed by atoms with Crippen molar-refractivity contribution < 1.29 is 4.74 Å². The Balaban J connectivity index is 1.67. The number of ether oxygens (including phenoxy) is 1. The zero-order chi connectivity index (χ0) is 18.3. The molecule has 1 aliphatic carbocycles. The molecule has 2 aromatic rings. The van der Waals surface area contributed by atoms with Crippen molar-refractivity contribution in [3.8, 4) is 0 Å². The molecule has 0 N–H and O–H groups in total. The minimum Gasteiger partial charge on any atom is -0.381 e. The van der Waals surface area contributed by atoms with Gasteiger partial charge in [0.2, 0.25) is 0 Å². The molecule has 1 aromatic carbocycles. The Bertz CT molecular complexity index is 769. The number of hydrogen-bond donors (Lipinski definition) is 0. The van der Waals surface area contributed by atoms with Crippen molar-refractivity contribution in [3.05, 3.63) is 24.0 Å². The lowest BCUT2D eigenvalue weighted by Crippen LogP contribution is -2.25. The van der Waals surface area contributed by atoms with E-state index in [9.17, 15) is 0 Å². The van der Waals surface area contributed by atoms with Gasteiger partial charge in [0.25, 0.3) is 0 Å². The first kappa shape index (κ1) is 18.2. The average Bonchev–Trinajstić information content (AvgIpc) is 3.34. The first-order valence-corrected chi connectivity index (χ1v) is 10.7. The quantitative estimate of drug-likeness (QED) is 0.690. The van der Waals surface area contributed by atoms with Crippen LogP contribution in [0.5, 0.6) is 0 Å². The molecule has 2 heterocycles. The van der Waals surface area contributed by atoms with Gasteiger partial charge in [0.15, 0.2) is 0 Å². The molecule has 2 fully saturated rings. The summed E-state index contributed by atoms with van der Waals surface area (Å²) in [5.74, 6) is 1.89. The predicted molar refractivity (Wildman–Crippen MR) is 111 cm³/mol. The molecule has 1 saturated heterocycles. The van der Waals surface area contributed by atoms with Crippen LogP contribution in [0, 0.1) is 5.92 Å².